The maximum atomic E-state index is 5.80. The smallest absolute Gasteiger partial charge is 0.193 e. The van der Waals surface area contributed by atoms with Gasteiger partial charge in [-0.15, -0.1) is 10.2 Å². The van der Waals surface area contributed by atoms with Crippen molar-refractivity contribution in [1.29, 1.82) is 0 Å². The summed E-state index contributed by atoms with van der Waals surface area (Å²) in [5.74, 6) is 0.491. The molecule has 0 aliphatic carbocycles. The molecule has 6 heteroatoms. The highest BCUT2D eigenvalue weighted by atomic mass is 35.5. The minimum atomic E-state index is 0.248. The molecule has 0 aromatic carbocycles. The van der Waals surface area contributed by atoms with Crippen LogP contribution in [0, 0.1) is 0 Å². The van der Waals surface area contributed by atoms with Crippen LogP contribution in [0.25, 0.3) is 0 Å². The summed E-state index contributed by atoms with van der Waals surface area (Å²) >= 11 is 11.5. The lowest BCUT2D eigenvalue weighted by Crippen LogP contribution is -2.28. The molecule has 1 saturated heterocycles. The van der Waals surface area contributed by atoms with E-state index in [9.17, 15) is 0 Å². The van der Waals surface area contributed by atoms with Crippen molar-refractivity contribution in [3.63, 3.8) is 0 Å². The molecule has 1 aromatic heterocycles. The molecule has 1 aliphatic rings. The zero-order valence-electron chi connectivity index (χ0n) is 8.04. The summed E-state index contributed by atoms with van der Waals surface area (Å²) in [6.07, 6.45) is 2.32. The van der Waals surface area contributed by atoms with Gasteiger partial charge >= 0.3 is 0 Å². The van der Waals surface area contributed by atoms with E-state index in [0.29, 0.717) is 18.4 Å². The van der Waals surface area contributed by atoms with Crippen LogP contribution >= 0.6 is 23.2 Å². The highest BCUT2D eigenvalue weighted by molar-refractivity contribution is 6.32. The average Bonchev–Trinajstić information content (AvgIpc) is 2.72. The minimum Gasteiger partial charge on any atom is -0.489 e. The fourth-order valence-corrected chi connectivity index (χ4v) is 1.81. The maximum Gasteiger partial charge on any atom is 0.193 e. The van der Waals surface area contributed by atoms with E-state index in [2.05, 4.69) is 15.5 Å². The first-order chi connectivity index (χ1) is 7.25. The second-order valence-electron chi connectivity index (χ2n) is 3.43. The van der Waals surface area contributed by atoms with Gasteiger partial charge in [0, 0.05) is 12.1 Å². The van der Waals surface area contributed by atoms with Crippen molar-refractivity contribution < 1.29 is 4.74 Å². The van der Waals surface area contributed by atoms with Gasteiger partial charge in [0.2, 0.25) is 0 Å². The molecule has 4 nitrogen and oxygen atoms in total. The van der Waals surface area contributed by atoms with Gasteiger partial charge in [0.15, 0.2) is 16.1 Å². The molecular formula is C9H11Cl2N3O. The van der Waals surface area contributed by atoms with Gasteiger partial charge in [-0.25, -0.2) is 0 Å². The number of hydrogen-bond donors (Lipinski definition) is 1. The molecule has 0 saturated carbocycles. The Hall–Kier alpha value is -0.580. The molecule has 1 atom stereocenters. The van der Waals surface area contributed by atoms with E-state index >= 15 is 0 Å². The average molecular weight is 248 g/mol. The molecule has 1 unspecified atom stereocenters. The monoisotopic (exact) mass is 247 g/mol. The molecule has 0 amide bonds. The highest BCUT2D eigenvalue weighted by Gasteiger charge is 2.15. The predicted molar refractivity (Wildman–Crippen MR) is 58.6 cm³/mol. The molecule has 1 N–H and O–H groups in total. The lowest BCUT2D eigenvalue weighted by atomic mass is 10.2. The van der Waals surface area contributed by atoms with Crippen molar-refractivity contribution in [2.24, 2.45) is 0 Å². The normalized spacial score (nSPS) is 20.5. The van der Waals surface area contributed by atoms with E-state index in [1.165, 1.54) is 6.42 Å². The van der Waals surface area contributed by atoms with Crippen LogP contribution in [0.4, 0.5) is 0 Å². The summed E-state index contributed by atoms with van der Waals surface area (Å²) in [5, 5.41) is 11.1. The third kappa shape index (κ3) is 2.93. The topological polar surface area (TPSA) is 47.0 Å². The molecule has 1 aliphatic heterocycles. The van der Waals surface area contributed by atoms with Crippen molar-refractivity contribution in [2.75, 3.05) is 13.2 Å². The van der Waals surface area contributed by atoms with Crippen molar-refractivity contribution >= 4 is 23.2 Å². The second kappa shape index (κ2) is 4.96. The quantitative estimate of drug-likeness (QED) is 0.887. The molecule has 15 heavy (non-hydrogen) atoms. The van der Waals surface area contributed by atoms with Crippen molar-refractivity contribution in [1.82, 2.24) is 15.5 Å². The standard InChI is InChI=1S/C9H11Cl2N3O/c10-8-4-7(9(11)14-13-8)15-5-6-2-1-3-12-6/h4,6,12H,1-3,5H2. The molecule has 2 rings (SSSR count). The molecule has 0 radical (unpaired) electrons. The van der Waals surface area contributed by atoms with Crippen molar-refractivity contribution in [3.05, 3.63) is 16.4 Å². The van der Waals surface area contributed by atoms with E-state index in [4.69, 9.17) is 27.9 Å². The van der Waals surface area contributed by atoms with Crippen LogP contribution in [0.3, 0.4) is 0 Å². The Labute approximate surface area is 97.9 Å². The third-order valence-corrected chi connectivity index (χ3v) is 2.74. The summed E-state index contributed by atoms with van der Waals surface area (Å²) in [4.78, 5) is 0. The largest absolute Gasteiger partial charge is 0.489 e. The molecule has 2 heterocycles. The van der Waals surface area contributed by atoms with Gasteiger partial charge in [-0.2, -0.15) is 0 Å². The van der Waals surface area contributed by atoms with E-state index in [1.54, 1.807) is 6.07 Å². The second-order valence-corrected chi connectivity index (χ2v) is 4.17. The number of aromatic nitrogens is 2. The Kier molecular flexibility index (Phi) is 3.61. The molecule has 1 aromatic rings. The molecule has 82 valence electrons. The Morgan fingerprint density at radius 3 is 3.07 bits per heavy atom. The predicted octanol–water partition coefficient (Wildman–Crippen LogP) is 1.91. The van der Waals surface area contributed by atoms with Crippen LogP contribution in [-0.4, -0.2) is 29.4 Å². The van der Waals surface area contributed by atoms with Crippen LogP contribution in [0.5, 0.6) is 5.75 Å². The Balaban J connectivity index is 1.94. The number of ether oxygens (including phenoxy) is 1. The van der Waals surface area contributed by atoms with E-state index in [-0.39, 0.29) is 10.3 Å². The summed E-state index contributed by atoms with van der Waals surface area (Å²) in [5.41, 5.74) is 0. The van der Waals surface area contributed by atoms with Crippen molar-refractivity contribution in [3.8, 4) is 5.75 Å². The lowest BCUT2D eigenvalue weighted by molar-refractivity contribution is 0.276. The Bertz CT molecular complexity index is 342. The number of nitrogens with one attached hydrogen (secondary N) is 1. The van der Waals surface area contributed by atoms with Gasteiger partial charge in [0.05, 0.1) is 0 Å². The van der Waals surface area contributed by atoms with Crippen LogP contribution in [-0.2, 0) is 0 Å². The first kappa shape index (κ1) is 10.9. The van der Waals surface area contributed by atoms with Gasteiger partial charge in [0.25, 0.3) is 0 Å². The Morgan fingerprint density at radius 2 is 2.33 bits per heavy atom. The summed E-state index contributed by atoms with van der Waals surface area (Å²) in [6.45, 7) is 1.64. The van der Waals surface area contributed by atoms with Crippen LogP contribution in [0.2, 0.25) is 10.3 Å². The minimum absolute atomic E-state index is 0.248. The first-order valence-electron chi connectivity index (χ1n) is 4.80. The van der Waals surface area contributed by atoms with Crippen LogP contribution in [0.15, 0.2) is 6.07 Å². The van der Waals surface area contributed by atoms with Gasteiger partial charge < -0.3 is 10.1 Å². The number of rotatable bonds is 3. The number of halogens is 2. The summed E-state index contributed by atoms with van der Waals surface area (Å²) in [6, 6.07) is 1.97. The van der Waals surface area contributed by atoms with E-state index in [1.807, 2.05) is 0 Å². The molecule has 0 spiro atoms. The SMILES string of the molecule is Clc1cc(OCC2CCCN2)c(Cl)nn1. The third-order valence-electron chi connectivity index (χ3n) is 2.29. The number of hydrogen-bond acceptors (Lipinski definition) is 4. The van der Waals surface area contributed by atoms with Crippen molar-refractivity contribution in [2.45, 2.75) is 18.9 Å². The van der Waals surface area contributed by atoms with Gasteiger partial charge in [-0.1, -0.05) is 23.2 Å². The molecular weight excluding hydrogens is 237 g/mol. The fraction of sp³-hybridized carbons (Fsp3) is 0.556. The highest BCUT2D eigenvalue weighted by Crippen LogP contribution is 2.23. The van der Waals surface area contributed by atoms with Gasteiger partial charge in [-0.3, -0.25) is 0 Å². The number of nitrogens with zero attached hydrogens (tertiary/aromatic N) is 2. The maximum absolute atomic E-state index is 5.80. The molecule has 1 fully saturated rings. The van der Waals surface area contributed by atoms with E-state index in [0.717, 1.165) is 13.0 Å². The fourth-order valence-electron chi connectivity index (χ4n) is 1.53. The zero-order chi connectivity index (χ0) is 10.7. The Morgan fingerprint density at radius 1 is 1.47 bits per heavy atom. The summed E-state index contributed by atoms with van der Waals surface area (Å²) in [7, 11) is 0. The lowest BCUT2D eigenvalue weighted by Gasteiger charge is -2.12. The van der Waals surface area contributed by atoms with Crippen LogP contribution in [0.1, 0.15) is 12.8 Å². The zero-order valence-corrected chi connectivity index (χ0v) is 9.55. The van der Waals surface area contributed by atoms with Gasteiger partial charge in [-0.05, 0) is 19.4 Å². The van der Waals surface area contributed by atoms with Gasteiger partial charge in [0.1, 0.15) is 6.61 Å². The molecule has 0 bridgehead atoms. The van der Waals surface area contributed by atoms with Crippen LogP contribution < -0.4 is 10.1 Å². The van der Waals surface area contributed by atoms with E-state index < -0.39 is 0 Å². The summed E-state index contributed by atoms with van der Waals surface area (Å²) < 4.78 is 5.52. The first-order valence-corrected chi connectivity index (χ1v) is 5.56.